The molecule has 0 saturated carbocycles. The average molecular weight is 328 g/mol. The first-order valence-corrected chi connectivity index (χ1v) is 9.17. The van der Waals surface area contributed by atoms with Crippen molar-refractivity contribution in [3.8, 4) is 0 Å². The van der Waals surface area contributed by atoms with Crippen molar-refractivity contribution >= 4 is 5.97 Å². The van der Waals surface area contributed by atoms with Crippen molar-refractivity contribution in [2.45, 2.75) is 96.2 Å². The number of carbonyl (C=O) groups excluding carboxylic acids is 1. The second-order valence-electron chi connectivity index (χ2n) is 6.35. The standard InChI is InChI=1S/C19H36O4/c1-3-4-5-6-7-8-9-10-11-12-13-14-18(22)15-19(16-20)23-17(2)21/h3,18-20,22H,1,4-16H2,2H3. The van der Waals surface area contributed by atoms with Gasteiger partial charge in [-0.15, -0.1) is 6.58 Å². The van der Waals surface area contributed by atoms with Crippen LogP contribution in [0.5, 0.6) is 0 Å². The zero-order valence-corrected chi connectivity index (χ0v) is 14.8. The predicted molar refractivity (Wildman–Crippen MR) is 94.2 cm³/mol. The van der Waals surface area contributed by atoms with E-state index in [0.29, 0.717) is 12.8 Å². The fourth-order valence-corrected chi connectivity index (χ4v) is 2.72. The summed E-state index contributed by atoms with van der Waals surface area (Å²) in [6.45, 7) is 4.81. The van der Waals surface area contributed by atoms with Crippen LogP contribution in [-0.2, 0) is 9.53 Å². The van der Waals surface area contributed by atoms with Crippen molar-refractivity contribution in [3.05, 3.63) is 12.7 Å². The lowest BCUT2D eigenvalue weighted by atomic mass is 10.0. The van der Waals surface area contributed by atoms with Gasteiger partial charge in [-0.3, -0.25) is 4.79 Å². The first kappa shape index (κ1) is 22.1. The van der Waals surface area contributed by atoms with E-state index in [1.54, 1.807) is 0 Å². The van der Waals surface area contributed by atoms with Crippen LogP contribution in [0.25, 0.3) is 0 Å². The van der Waals surface area contributed by atoms with Crippen molar-refractivity contribution < 1.29 is 19.7 Å². The third-order valence-electron chi connectivity index (χ3n) is 4.02. The Bertz CT molecular complexity index is 291. The summed E-state index contributed by atoms with van der Waals surface area (Å²) >= 11 is 0. The Balaban J connectivity index is 3.39. The lowest BCUT2D eigenvalue weighted by molar-refractivity contribution is -0.149. The Morgan fingerprint density at radius 2 is 1.57 bits per heavy atom. The predicted octanol–water partition coefficient (Wildman–Crippen LogP) is 4.14. The van der Waals surface area contributed by atoms with Gasteiger partial charge in [-0.05, 0) is 19.3 Å². The van der Waals surface area contributed by atoms with Crippen LogP contribution >= 0.6 is 0 Å². The highest BCUT2D eigenvalue weighted by Crippen LogP contribution is 2.14. The summed E-state index contributed by atoms with van der Waals surface area (Å²) in [4.78, 5) is 10.8. The third kappa shape index (κ3) is 15.8. The molecule has 2 N–H and O–H groups in total. The quantitative estimate of drug-likeness (QED) is 0.254. The van der Waals surface area contributed by atoms with Gasteiger partial charge >= 0.3 is 5.97 Å². The van der Waals surface area contributed by atoms with Gasteiger partial charge in [0.05, 0.1) is 12.7 Å². The highest BCUT2D eigenvalue weighted by Gasteiger charge is 2.16. The van der Waals surface area contributed by atoms with Gasteiger partial charge in [-0.25, -0.2) is 0 Å². The van der Waals surface area contributed by atoms with Crippen molar-refractivity contribution in [2.75, 3.05) is 6.61 Å². The minimum Gasteiger partial charge on any atom is -0.460 e. The Morgan fingerprint density at radius 1 is 1.04 bits per heavy atom. The molecule has 4 heteroatoms. The molecule has 2 atom stereocenters. The summed E-state index contributed by atoms with van der Waals surface area (Å²) in [5.74, 6) is -0.416. The Kier molecular flexibility index (Phi) is 15.4. The average Bonchev–Trinajstić information content (AvgIpc) is 2.51. The van der Waals surface area contributed by atoms with Gasteiger partial charge in [0.25, 0.3) is 0 Å². The minimum absolute atomic E-state index is 0.233. The number of hydrogen-bond donors (Lipinski definition) is 2. The molecule has 0 aliphatic carbocycles. The van der Waals surface area contributed by atoms with Crippen molar-refractivity contribution in [3.63, 3.8) is 0 Å². The zero-order chi connectivity index (χ0) is 17.3. The van der Waals surface area contributed by atoms with Gasteiger partial charge in [0, 0.05) is 13.3 Å². The lowest BCUT2D eigenvalue weighted by Crippen LogP contribution is -2.26. The molecule has 0 aliphatic rings. The molecular formula is C19H36O4. The number of hydrogen-bond acceptors (Lipinski definition) is 4. The molecule has 136 valence electrons. The van der Waals surface area contributed by atoms with Gasteiger partial charge in [-0.1, -0.05) is 57.4 Å². The molecule has 23 heavy (non-hydrogen) atoms. The smallest absolute Gasteiger partial charge is 0.302 e. The summed E-state index contributed by atoms with van der Waals surface area (Å²) in [5, 5.41) is 19.0. The van der Waals surface area contributed by atoms with E-state index in [1.165, 1.54) is 51.9 Å². The van der Waals surface area contributed by atoms with Crippen molar-refractivity contribution in [1.29, 1.82) is 0 Å². The van der Waals surface area contributed by atoms with E-state index in [2.05, 4.69) is 6.58 Å². The van der Waals surface area contributed by atoms with Crippen LogP contribution in [0.15, 0.2) is 12.7 Å². The number of ether oxygens (including phenoxy) is 1. The van der Waals surface area contributed by atoms with Gasteiger partial charge in [0.15, 0.2) is 0 Å². The molecule has 0 aromatic rings. The maximum atomic E-state index is 10.8. The number of rotatable bonds is 16. The van der Waals surface area contributed by atoms with Crippen LogP contribution in [0, 0.1) is 0 Å². The molecular weight excluding hydrogens is 292 g/mol. The van der Waals surface area contributed by atoms with Crippen LogP contribution in [0.4, 0.5) is 0 Å². The number of allylic oxidation sites excluding steroid dienone is 1. The monoisotopic (exact) mass is 328 g/mol. The number of esters is 1. The van der Waals surface area contributed by atoms with E-state index in [4.69, 9.17) is 9.84 Å². The Labute approximate surface area is 141 Å². The summed E-state index contributed by atoms with van der Waals surface area (Å²) in [7, 11) is 0. The number of carbonyl (C=O) groups is 1. The van der Waals surface area contributed by atoms with E-state index in [0.717, 1.165) is 19.3 Å². The summed E-state index contributed by atoms with van der Waals surface area (Å²) < 4.78 is 4.92. The third-order valence-corrected chi connectivity index (χ3v) is 4.02. The molecule has 2 unspecified atom stereocenters. The Morgan fingerprint density at radius 3 is 2.04 bits per heavy atom. The first-order valence-electron chi connectivity index (χ1n) is 9.17. The van der Waals surface area contributed by atoms with E-state index in [1.807, 2.05) is 6.08 Å². The second-order valence-corrected chi connectivity index (χ2v) is 6.35. The topological polar surface area (TPSA) is 66.8 Å². The molecule has 0 amide bonds. The molecule has 0 rings (SSSR count). The fraction of sp³-hybridized carbons (Fsp3) is 0.842. The molecule has 4 nitrogen and oxygen atoms in total. The number of aliphatic hydroxyl groups is 2. The SMILES string of the molecule is C=CCCCCCCCCCCCC(O)CC(CO)OC(C)=O. The highest BCUT2D eigenvalue weighted by molar-refractivity contribution is 5.66. The van der Waals surface area contributed by atoms with E-state index >= 15 is 0 Å². The van der Waals surface area contributed by atoms with Crippen molar-refractivity contribution in [1.82, 2.24) is 0 Å². The molecule has 0 spiro atoms. The molecule has 0 aromatic heterocycles. The van der Waals surface area contributed by atoms with Crippen LogP contribution in [-0.4, -0.2) is 35.0 Å². The summed E-state index contributed by atoms with van der Waals surface area (Å²) in [5.41, 5.74) is 0. The Hall–Kier alpha value is -0.870. The normalized spacial score (nSPS) is 13.5. The summed E-state index contributed by atoms with van der Waals surface area (Å²) in [6, 6.07) is 0. The number of unbranched alkanes of at least 4 members (excludes halogenated alkanes) is 9. The van der Waals surface area contributed by atoms with Gasteiger partial charge in [-0.2, -0.15) is 0 Å². The van der Waals surface area contributed by atoms with Gasteiger partial charge < -0.3 is 14.9 Å². The van der Waals surface area contributed by atoms with E-state index < -0.39 is 18.2 Å². The molecule has 0 radical (unpaired) electrons. The maximum Gasteiger partial charge on any atom is 0.302 e. The molecule has 0 bridgehead atoms. The highest BCUT2D eigenvalue weighted by atomic mass is 16.5. The van der Waals surface area contributed by atoms with E-state index in [-0.39, 0.29) is 6.61 Å². The van der Waals surface area contributed by atoms with Gasteiger partial charge in [0.2, 0.25) is 0 Å². The van der Waals surface area contributed by atoms with Crippen LogP contribution < -0.4 is 0 Å². The molecule has 0 aliphatic heterocycles. The lowest BCUT2D eigenvalue weighted by Gasteiger charge is -2.18. The fourth-order valence-electron chi connectivity index (χ4n) is 2.72. The van der Waals surface area contributed by atoms with Gasteiger partial charge in [0.1, 0.15) is 6.10 Å². The van der Waals surface area contributed by atoms with Crippen molar-refractivity contribution in [2.24, 2.45) is 0 Å². The van der Waals surface area contributed by atoms with Crippen LogP contribution in [0.1, 0.15) is 84.0 Å². The molecule has 0 fully saturated rings. The maximum absolute atomic E-state index is 10.8. The minimum atomic E-state index is -0.580. The molecule has 0 saturated heterocycles. The van der Waals surface area contributed by atoms with E-state index in [9.17, 15) is 9.90 Å². The zero-order valence-electron chi connectivity index (χ0n) is 14.8. The molecule has 0 aromatic carbocycles. The first-order chi connectivity index (χ1) is 11.1. The summed E-state index contributed by atoms with van der Waals surface area (Å²) in [6.07, 6.45) is 14.2. The number of aliphatic hydroxyl groups excluding tert-OH is 2. The molecule has 0 heterocycles. The largest absolute Gasteiger partial charge is 0.460 e. The van der Waals surface area contributed by atoms with Crippen LogP contribution in [0.3, 0.4) is 0 Å². The van der Waals surface area contributed by atoms with Crippen LogP contribution in [0.2, 0.25) is 0 Å². The second kappa shape index (κ2) is 16.0.